The Balaban J connectivity index is 2.20. The van der Waals surface area contributed by atoms with Crippen LogP contribution in [0.3, 0.4) is 0 Å². The standard InChI is InChI=1S/C19H23NO2/c1-20(2)19-11-8-16(14-17(19)12-13-21)5-4-15-6-9-18(22-3)10-7-15/h4-11,14,21H,12-13H2,1-3H3/b5-4-. The molecule has 0 amide bonds. The van der Waals surface area contributed by atoms with Crippen LogP contribution < -0.4 is 9.64 Å². The second kappa shape index (κ2) is 7.66. The van der Waals surface area contributed by atoms with Gasteiger partial charge in [0.25, 0.3) is 0 Å². The maximum atomic E-state index is 9.23. The highest BCUT2D eigenvalue weighted by Gasteiger charge is 2.04. The molecule has 1 N–H and O–H groups in total. The molecule has 2 aromatic carbocycles. The van der Waals surface area contributed by atoms with Crippen LogP contribution in [0.2, 0.25) is 0 Å². The molecule has 0 unspecified atom stereocenters. The zero-order chi connectivity index (χ0) is 15.9. The van der Waals surface area contributed by atoms with Gasteiger partial charge in [0.1, 0.15) is 5.75 Å². The average molecular weight is 297 g/mol. The van der Waals surface area contributed by atoms with Crippen LogP contribution in [0, 0.1) is 0 Å². The third kappa shape index (κ3) is 4.12. The lowest BCUT2D eigenvalue weighted by Crippen LogP contribution is -2.12. The minimum atomic E-state index is 0.159. The molecule has 0 aliphatic heterocycles. The quantitative estimate of drug-likeness (QED) is 0.829. The van der Waals surface area contributed by atoms with E-state index in [-0.39, 0.29) is 6.61 Å². The smallest absolute Gasteiger partial charge is 0.118 e. The van der Waals surface area contributed by atoms with Gasteiger partial charge in [-0.15, -0.1) is 0 Å². The van der Waals surface area contributed by atoms with Gasteiger partial charge in [-0.25, -0.2) is 0 Å². The molecule has 3 nitrogen and oxygen atoms in total. The molecule has 0 spiro atoms. The van der Waals surface area contributed by atoms with Crippen LogP contribution in [0.4, 0.5) is 5.69 Å². The summed E-state index contributed by atoms with van der Waals surface area (Å²) in [6.45, 7) is 0.159. The lowest BCUT2D eigenvalue weighted by molar-refractivity contribution is 0.299. The Kier molecular flexibility index (Phi) is 5.61. The van der Waals surface area contributed by atoms with Gasteiger partial charge in [0.15, 0.2) is 0 Å². The number of nitrogens with zero attached hydrogens (tertiary/aromatic N) is 1. The first-order valence-electron chi connectivity index (χ1n) is 7.37. The zero-order valence-corrected chi connectivity index (χ0v) is 13.4. The summed E-state index contributed by atoms with van der Waals surface area (Å²) in [5.74, 6) is 0.859. The lowest BCUT2D eigenvalue weighted by atomic mass is 10.0. The first-order valence-corrected chi connectivity index (χ1v) is 7.37. The molecule has 0 heterocycles. The van der Waals surface area contributed by atoms with E-state index in [1.807, 2.05) is 38.4 Å². The van der Waals surface area contributed by atoms with Crippen molar-refractivity contribution in [1.82, 2.24) is 0 Å². The number of benzene rings is 2. The Hall–Kier alpha value is -2.26. The fourth-order valence-corrected chi connectivity index (χ4v) is 2.37. The molecule has 2 rings (SSSR count). The molecule has 0 saturated heterocycles. The van der Waals surface area contributed by atoms with E-state index in [0.717, 1.165) is 28.1 Å². The van der Waals surface area contributed by atoms with Gasteiger partial charge in [-0.3, -0.25) is 0 Å². The maximum Gasteiger partial charge on any atom is 0.118 e. The average Bonchev–Trinajstić information content (AvgIpc) is 2.53. The SMILES string of the molecule is COc1ccc(/C=C\c2ccc(N(C)C)c(CCO)c2)cc1. The number of anilines is 1. The third-order valence-corrected chi connectivity index (χ3v) is 3.55. The van der Waals surface area contributed by atoms with E-state index in [0.29, 0.717) is 6.42 Å². The summed E-state index contributed by atoms with van der Waals surface area (Å²) < 4.78 is 5.16. The van der Waals surface area contributed by atoms with Gasteiger partial charge >= 0.3 is 0 Å². The van der Waals surface area contributed by atoms with Gasteiger partial charge in [0, 0.05) is 26.4 Å². The lowest BCUT2D eigenvalue weighted by Gasteiger charge is -2.17. The Morgan fingerprint density at radius 2 is 1.64 bits per heavy atom. The Morgan fingerprint density at radius 1 is 1.00 bits per heavy atom. The van der Waals surface area contributed by atoms with Crippen molar-refractivity contribution in [1.29, 1.82) is 0 Å². The van der Waals surface area contributed by atoms with Gasteiger partial charge in [0.05, 0.1) is 7.11 Å². The van der Waals surface area contributed by atoms with Crippen molar-refractivity contribution in [2.24, 2.45) is 0 Å². The van der Waals surface area contributed by atoms with Crippen molar-refractivity contribution in [3.8, 4) is 5.75 Å². The van der Waals surface area contributed by atoms with Crippen molar-refractivity contribution in [3.63, 3.8) is 0 Å². The second-order valence-electron chi connectivity index (χ2n) is 5.36. The second-order valence-corrected chi connectivity index (χ2v) is 5.36. The van der Waals surface area contributed by atoms with Crippen LogP contribution in [0.1, 0.15) is 16.7 Å². The first-order chi connectivity index (χ1) is 10.6. The zero-order valence-electron chi connectivity index (χ0n) is 13.4. The van der Waals surface area contributed by atoms with Crippen molar-refractivity contribution < 1.29 is 9.84 Å². The van der Waals surface area contributed by atoms with Crippen LogP contribution in [0.15, 0.2) is 42.5 Å². The molecule has 0 radical (unpaired) electrons. The normalized spacial score (nSPS) is 10.9. The minimum Gasteiger partial charge on any atom is -0.497 e. The molecule has 22 heavy (non-hydrogen) atoms. The van der Waals surface area contributed by atoms with E-state index in [9.17, 15) is 5.11 Å². The molecule has 3 heteroatoms. The van der Waals surface area contributed by atoms with E-state index in [1.54, 1.807) is 7.11 Å². The molecule has 116 valence electrons. The van der Waals surface area contributed by atoms with Gasteiger partial charge in [0.2, 0.25) is 0 Å². The highest BCUT2D eigenvalue weighted by molar-refractivity contribution is 5.71. The summed E-state index contributed by atoms with van der Waals surface area (Å²) in [6.07, 6.45) is 4.83. The van der Waals surface area contributed by atoms with Crippen LogP contribution in [-0.2, 0) is 6.42 Å². The fraction of sp³-hybridized carbons (Fsp3) is 0.263. The number of rotatable bonds is 6. The number of aliphatic hydroxyl groups is 1. The Bertz CT molecular complexity index is 630. The van der Waals surface area contributed by atoms with E-state index >= 15 is 0 Å². The maximum absolute atomic E-state index is 9.23. The largest absolute Gasteiger partial charge is 0.497 e. The molecule has 0 atom stereocenters. The summed E-state index contributed by atoms with van der Waals surface area (Å²) in [5.41, 5.74) is 4.56. The predicted molar refractivity (Wildman–Crippen MR) is 93.5 cm³/mol. The summed E-state index contributed by atoms with van der Waals surface area (Å²) >= 11 is 0. The number of hydrogen-bond acceptors (Lipinski definition) is 3. The molecule has 2 aromatic rings. The van der Waals surface area contributed by atoms with Crippen LogP contribution in [0.5, 0.6) is 5.75 Å². The van der Waals surface area contributed by atoms with Crippen molar-refractivity contribution >= 4 is 17.8 Å². The number of aliphatic hydroxyl groups excluding tert-OH is 1. The molecule has 0 aromatic heterocycles. The molecule has 0 saturated carbocycles. The Labute approximate surface area is 132 Å². The van der Waals surface area contributed by atoms with Gasteiger partial charge in [-0.2, -0.15) is 0 Å². The van der Waals surface area contributed by atoms with E-state index in [1.165, 1.54) is 0 Å². The minimum absolute atomic E-state index is 0.159. The van der Waals surface area contributed by atoms with Gasteiger partial charge in [-0.05, 0) is 47.4 Å². The van der Waals surface area contributed by atoms with Crippen LogP contribution in [0.25, 0.3) is 12.2 Å². The summed E-state index contributed by atoms with van der Waals surface area (Å²) in [4.78, 5) is 2.07. The molecule has 0 fully saturated rings. The molecule has 0 aliphatic rings. The highest BCUT2D eigenvalue weighted by Crippen LogP contribution is 2.22. The fourth-order valence-electron chi connectivity index (χ4n) is 2.37. The molecular formula is C19H23NO2. The third-order valence-electron chi connectivity index (χ3n) is 3.55. The summed E-state index contributed by atoms with van der Waals surface area (Å²) in [7, 11) is 5.70. The van der Waals surface area contributed by atoms with Crippen molar-refractivity contribution in [2.45, 2.75) is 6.42 Å². The van der Waals surface area contributed by atoms with E-state index in [2.05, 4.69) is 35.3 Å². The monoisotopic (exact) mass is 297 g/mol. The molecule has 0 aliphatic carbocycles. The highest BCUT2D eigenvalue weighted by atomic mass is 16.5. The van der Waals surface area contributed by atoms with Gasteiger partial charge in [-0.1, -0.05) is 30.4 Å². The predicted octanol–water partition coefficient (Wildman–Crippen LogP) is 3.47. The first kappa shape index (κ1) is 16.1. The van der Waals surface area contributed by atoms with Crippen molar-refractivity contribution in [3.05, 3.63) is 59.2 Å². The number of methoxy groups -OCH3 is 1. The van der Waals surface area contributed by atoms with E-state index < -0.39 is 0 Å². The van der Waals surface area contributed by atoms with Crippen LogP contribution >= 0.6 is 0 Å². The Morgan fingerprint density at radius 3 is 2.23 bits per heavy atom. The molecule has 0 bridgehead atoms. The summed E-state index contributed by atoms with van der Waals surface area (Å²) in [6, 6.07) is 14.3. The van der Waals surface area contributed by atoms with E-state index in [4.69, 9.17) is 4.74 Å². The number of ether oxygens (including phenoxy) is 1. The summed E-state index contributed by atoms with van der Waals surface area (Å²) in [5, 5.41) is 9.23. The molecular weight excluding hydrogens is 274 g/mol. The van der Waals surface area contributed by atoms with Crippen LogP contribution in [-0.4, -0.2) is 32.9 Å². The van der Waals surface area contributed by atoms with Gasteiger partial charge < -0.3 is 14.7 Å². The topological polar surface area (TPSA) is 32.7 Å². The number of hydrogen-bond donors (Lipinski definition) is 1. The van der Waals surface area contributed by atoms with Crippen molar-refractivity contribution in [2.75, 3.05) is 32.7 Å².